The normalized spacial score (nSPS) is 20.5. The number of hydrogen-bond donors (Lipinski definition) is 1. The van der Waals surface area contributed by atoms with Crippen LogP contribution >= 0.6 is 35.8 Å². The Kier molecular flexibility index (Phi) is 5.02. The molecule has 14 heavy (non-hydrogen) atoms. The van der Waals surface area contributed by atoms with Crippen LogP contribution in [0.3, 0.4) is 0 Å². The van der Waals surface area contributed by atoms with Crippen LogP contribution in [0.2, 0.25) is 5.02 Å². The van der Waals surface area contributed by atoms with Gasteiger partial charge in [-0.15, -0.1) is 24.2 Å². The standard InChI is InChI=1S/C9H11ClN2S.ClH/c10-7-1-2-9(12-5-7)13-8-3-4-11-6-8;/h1-2,5,8,11H,3-4,6H2;1H/t8-;/m0./s1. The van der Waals surface area contributed by atoms with E-state index in [0.717, 1.165) is 18.1 Å². The summed E-state index contributed by atoms with van der Waals surface area (Å²) in [5.41, 5.74) is 0. The quantitative estimate of drug-likeness (QED) is 0.874. The number of aromatic nitrogens is 1. The van der Waals surface area contributed by atoms with Crippen LogP contribution in [-0.4, -0.2) is 23.3 Å². The van der Waals surface area contributed by atoms with E-state index in [4.69, 9.17) is 11.6 Å². The second-order valence-corrected chi connectivity index (χ2v) is 4.80. The second kappa shape index (κ2) is 5.81. The van der Waals surface area contributed by atoms with Crippen molar-refractivity contribution in [3.63, 3.8) is 0 Å². The lowest BCUT2D eigenvalue weighted by atomic mass is 10.4. The van der Waals surface area contributed by atoms with Crippen molar-refractivity contribution < 1.29 is 0 Å². The van der Waals surface area contributed by atoms with E-state index in [1.165, 1.54) is 6.42 Å². The molecule has 0 bridgehead atoms. The second-order valence-electron chi connectivity index (χ2n) is 3.05. The molecule has 2 nitrogen and oxygen atoms in total. The molecule has 1 N–H and O–H groups in total. The van der Waals surface area contributed by atoms with Crippen LogP contribution in [0.4, 0.5) is 0 Å². The highest BCUT2D eigenvalue weighted by Crippen LogP contribution is 2.25. The van der Waals surface area contributed by atoms with Crippen molar-refractivity contribution in [3.05, 3.63) is 23.4 Å². The average Bonchev–Trinajstić information content (AvgIpc) is 2.62. The maximum absolute atomic E-state index is 5.74. The molecule has 0 radical (unpaired) electrons. The van der Waals surface area contributed by atoms with Crippen molar-refractivity contribution in [2.75, 3.05) is 13.1 Å². The van der Waals surface area contributed by atoms with Crippen molar-refractivity contribution in [2.24, 2.45) is 0 Å². The topological polar surface area (TPSA) is 24.9 Å². The minimum absolute atomic E-state index is 0. The summed E-state index contributed by atoms with van der Waals surface area (Å²) < 4.78 is 0. The van der Waals surface area contributed by atoms with Crippen molar-refractivity contribution in [1.29, 1.82) is 0 Å². The summed E-state index contributed by atoms with van der Waals surface area (Å²) in [6.07, 6.45) is 2.93. The van der Waals surface area contributed by atoms with Crippen LogP contribution < -0.4 is 5.32 Å². The minimum Gasteiger partial charge on any atom is -0.316 e. The maximum Gasteiger partial charge on any atom is 0.0964 e. The first-order valence-corrected chi connectivity index (χ1v) is 5.59. The molecule has 0 saturated carbocycles. The summed E-state index contributed by atoms with van der Waals surface area (Å²) in [5, 5.41) is 5.77. The molecule has 1 aromatic heterocycles. The van der Waals surface area contributed by atoms with Gasteiger partial charge in [0.15, 0.2) is 0 Å². The van der Waals surface area contributed by atoms with E-state index in [1.807, 2.05) is 23.9 Å². The van der Waals surface area contributed by atoms with E-state index in [-0.39, 0.29) is 12.4 Å². The Morgan fingerprint density at radius 3 is 2.93 bits per heavy atom. The molecule has 0 aromatic carbocycles. The van der Waals surface area contributed by atoms with Crippen molar-refractivity contribution >= 4 is 35.8 Å². The third-order valence-electron chi connectivity index (χ3n) is 2.00. The van der Waals surface area contributed by atoms with Gasteiger partial charge in [-0.1, -0.05) is 11.6 Å². The third kappa shape index (κ3) is 3.31. The molecule has 1 fully saturated rings. The van der Waals surface area contributed by atoms with Gasteiger partial charge in [0.1, 0.15) is 0 Å². The molecule has 78 valence electrons. The van der Waals surface area contributed by atoms with Crippen molar-refractivity contribution in [1.82, 2.24) is 10.3 Å². The summed E-state index contributed by atoms with van der Waals surface area (Å²) in [6, 6.07) is 3.87. The first-order valence-electron chi connectivity index (χ1n) is 4.33. The van der Waals surface area contributed by atoms with Gasteiger partial charge in [-0.05, 0) is 25.1 Å². The summed E-state index contributed by atoms with van der Waals surface area (Å²) in [7, 11) is 0. The van der Waals surface area contributed by atoms with Crippen LogP contribution in [0.1, 0.15) is 6.42 Å². The zero-order valence-electron chi connectivity index (χ0n) is 7.57. The van der Waals surface area contributed by atoms with Crippen LogP contribution in [0.25, 0.3) is 0 Å². The van der Waals surface area contributed by atoms with Gasteiger partial charge in [-0.3, -0.25) is 0 Å². The maximum atomic E-state index is 5.74. The predicted octanol–water partition coefficient (Wildman–Crippen LogP) is 2.61. The molecule has 2 rings (SSSR count). The van der Waals surface area contributed by atoms with Gasteiger partial charge in [0.05, 0.1) is 10.0 Å². The highest BCUT2D eigenvalue weighted by Gasteiger charge is 2.15. The molecule has 1 aliphatic heterocycles. The molecule has 0 spiro atoms. The van der Waals surface area contributed by atoms with E-state index in [9.17, 15) is 0 Å². The zero-order valence-corrected chi connectivity index (χ0v) is 9.96. The molecule has 0 aliphatic carbocycles. The number of pyridine rings is 1. The fourth-order valence-electron chi connectivity index (χ4n) is 1.33. The molecule has 1 aliphatic rings. The van der Waals surface area contributed by atoms with E-state index in [0.29, 0.717) is 10.3 Å². The Balaban J connectivity index is 0.000000980. The lowest BCUT2D eigenvalue weighted by Gasteiger charge is -2.06. The fraction of sp³-hybridized carbons (Fsp3) is 0.444. The first-order chi connectivity index (χ1) is 6.34. The van der Waals surface area contributed by atoms with E-state index in [2.05, 4.69) is 10.3 Å². The third-order valence-corrected chi connectivity index (χ3v) is 3.45. The highest BCUT2D eigenvalue weighted by atomic mass is 35.5. The highest BCUT2D eigenvalue weighted by molar-refractivity contribution is 7.99. The molecule has 1 aromatic rings. The minimum atomic E-state index is 0. The molecule has 1 atom stereocenters. The Morgan fingerprint density at radius 2 is 2.36 bits per heavy atom. The average molecular weight is 251 g/mol. The van der Waals surface area contributed by atoms with E-state index < -0.39 is 0 Å². The van der Waals surface area contributed by atoms with Crippen LogP contribution in [0, 0.1) is 0 Å². The number of nitrogens with one attached hydrogen (secondary N) is 1. The van der Waals surface area contributed by atoms with Gasteiger partial charge >= 0.3 is 0 Å². The molecule has 0 amide bonds. The SMILES string of the molecule is Cl.Clc1ccc(S[C@H]2CCNC2)nc1. The summed E-state index contributed by atoms with van der Waals surface area (Å²) in [5.74, 6) is 0. The van der Waals surface area contributed by atoms with Gasteiger partial charge < -0.3 is 5.32 Å². The summed E-state index contributed by atoms with van der Waals surface area (Å²) >= 11 is 7.57. The van der Waals surface area contributed by atoms with Gasteiger partial charge in [0, 0.05) is 18.0 Å². The lowest BCUT2D eigenvalue weighted by molar-refractivity contribution is 0.858. The molecular weight excluding hydrogens is 239 g/mol. The van der Waals surface area contributed by atoms with Crippen molar-refractivity contribution in [3.8, 4) is 0 Å². The number of halogens is 2. The van der Waals surface area contributed by atoms with E-state index >= 15 is 0 Å². The Labute approximate surface area is 99.2 Å². The monoisotopic (exact) mass is 250 g/mol. The predicted molar refractivity (Wildman–Crippen MR) is 63.6 cm³/mol. The summed E-state index contributed by atoms with van der Waals surface area (Å²) in [4.78, 5) is 4.24. The molecular formula is C9H12Cl2N2S. The largest absolute Gasteiger partial charge is 0.316 e. The van der Waals surface area contributed by atoms with Crippen molar-refractivity contribution in [2.45, 2.75) is 16.7 Å². The first kappa shape index (κ1) is 12.1. The van der Waals surface area contributed by atoms with Gasteiger partial charge in [-0.2, -0.15) is 0 Å². The summed E-state index contributed by atoms with van der Waals surface area (Å²) in [6.45, 7) is 2.22. The number of rotatable bonds is 2. The van der Waals surface area contributed by atoms with Crippen LogP contribution in [0.5, 0.6) is 0 Å². The van der Waals surface area contributed by atoms with Crippen LogP contribution in [0.15, 0.2) is 23.4 Å². The lowest BCUT2D eigenvalue weighted by Crippen LogP contribution is -2.10. The molecule has 5 heteroatoms. The van der Waals surface area contributed by atoms with Gasteiger partial charge in [-0.25, -0.2) is 4.98 Å². The smallest absolute Gasteiger partial charge is 0.0964 e. The fourth-order valence-corrected chi connectivity index (χ4v) is 2.48. The number of hydrogen-bond acceptors (Lipinski definition) is 3. The number of nitrogens with zero attached hydrogens (tertiary/aromatic N) is 1. The van der Waals surface area contributed by atoms with Crippen LogP contribution in [-0.2, 0) is 0 Å². The Bertz CT molecular complexity index is 273. The molecule has 0 unspecified atom stereocenters. The van der Waals surface area contributed by atoms with Gasteiger partial charge in [0.2, 0.25) is 0 Å². The Morgan fingerprint density at radius 1 is 1.50 bits per heavy atom. The number of thioether (sulfide) groups is 1. The molecule has 1 saturated heterocycles. The van der Waals surface area contributed by atoms with Gasteiger partial charge in [0.25, 0.3) is 0 Å². The zero-order chi connectivity index (χ0) is 9.10. The van der Waals surface area contributed by atoms with E-state index in [1.54, 1.807) is 6.20 Å². The molecule has 2 heterocycles. The Hall–Kier alpha value is 0.0400.